The van der Waals surface area contributed by atoms with Crippen LogP contribution in [0.5, 0.6) is 5.75 Å². The first-order valence-corrected chi connectivity index (χ1v) is 10.0. The Balaban J connectivity index is 1.83. The van der Waals surface area contributed by atoms with Gasteiger partial charge < -0.3 is 14.2 Å². The average molecular weight is 409 g/mol. The predicted octanol–water partition coefficient (Wildman–Crippen LogP) is 2.21. The Hall–Kier alpha value is -2.49. The van der Waals surface area contributed by atoms with Crippen molar-refractivity contribution in [3.05, 3.63) is 59.4 Å². The van der Waals surface area contributed by atoms with Crippen LogP contribution in [0.3, 0.4) is 0 Å². The molecule has 0 spiro atoms. The van der Waals surface area contributed by atoms with Crippen LogP contribution in [0.2, 0.25) is 0 Å². The zero-order valence-corrected chi connectivity index (χ0v) is 16.1. The molecule has 2 aromatic rings. The largest absolute Gasteiger partial charge is 0.496 e. The summed E-state index contributed by atoms with van der Waals surface area (Å²) in [7, 11) is -2.41. The number of esters is 1. The monoisotopic (exact) mass is 409 g/mol. The number of sulfonamides is 1. The summed E-state index contributed by atoms with van der Waals surface area (Å²) < 4.78 is 55.7. The van der Waals surface area contributed by atoms with Crippen molar-refractivity contribution in [3.63, 3.8) is 0 Å². The summed E-state index contributed by atoms with van der Waals surface area (Å²) in [6, 6.07) is 9.69. The van der Waals surface area contributed by atoms with Crippen molar-refractivity contribution < 1.29 is 31.8 Å². The van der Waals surface area contributed by atoms with E-state index in [1.165, 1.54) is 47.8 Å². The minimum absolute atomic E-state index is 0.0202. The van der Waals surface area contributed by atoms with Gasteiger partial charge in [-0.05, 0) is 35.9 Å². The number of benzene rings is 2. The normalized spacial score (nSPS) is 15.2. The fraction of sp³-hybridized carbons (Fsp3) is 0.316. The molecule has 0 atom stereocenters. The first-order valence-electron chi connectivity index (χ1n) is 8.59. The summed E-state index contributed by atoms with van der Waals surface area (Å²) in [5.74, 6) is -1.02. The van der Waals surface area contributed by atoms with Gasteiger partial charge in [0.05, 0.1) is 25.2 Å². The van der Waals surface area contributed by atoms with Gasteiger partial charge in [-0.1, -0.05) is 12.1 Å². The number of rotatable bonds is 6. The summed E-state index contributed by atoms with van der Waals surface area (Å²) in [5, 5.41) is 0. The van der Waals surface area contributed by atoms with Crippen molar-refractivity contribution in [3.8, 4) is 5.75 Å². The van der Waals surface area contributed by atoms with Crippen LogP contribution in [0.4, 0.5) is 4.39 Å². The Morgan fingerprint density at radius 3 is 2.61 bits per heavy atom. The van der Waals surface area contributed by atoms with Crippen molar-refractivity contribution in [2.45, 2.75) is 11.5 Å². The molecular weight excluding hydrogens is 389 g/mol. The standard InChI is InChI=1S/C19H20FNO6S/c1-25-18-6-5-16(28(23,24)21-7-9-26-10-8-21)12-17(18)19(22)27-13-14-3-2-4-15(20)11-14/h2-6,11-12H,7-10,13H2,1H3. The highest BCUT2D eigenvalue weighted by Gasteiger charge is 2.28. The number of halogens is 1. The Bertz CT molecular complexity index is 957. The van der Waals surface area contributed by atoms with Gasteiger partial charge in [0.25, 0.3) is 0 Å². The van der Waals surface area contributed by atoms with Crippen molar-refractivity contribution in [2.24, 2.45) is 0 Å². The number of nitrogens with zero attached hydrogens (tertiary/aromatic N) is 1. The zero-order chi connectivity index (χ0) is 20.1. The molecule has 1 aliphatic rings. The van der Waals surface area contributed by atoms with Crippen molar-refractivity contribution >= 4 is 16.0 Å². The van der Waals surface area contributed by atoms with Gasteiger partial charge >= 0.3 is 5.97 Å². The lowest BCUT2D eigenvalue weighted by Crippen LogP contribution is -2.40. The SMILES string of the molecule is COc1ccc(S(=O)(=O)N2CCOCC2)cc1C(=O)OCc1cccc(F)c1. The number of methoxy groups -OCH3 is 1. The third kappa shape index (κ3) is 4.49. The molecule has 0 amide bonds. The smallest absolute Gasteiger partial charge is 0.342 e. The number of ether oxygens (including phenoxy) is 3. The van der Waals surface area contributed by atoms with E-state index >= 15 is 0 Å². The van der Waals surface area contributed by atoms with Gasteiger partial charge in [0.1, 0.15) is 23.7 Å². The molecule has 0 unspecified atom stereocenters. The molecule has 1 aliphatic heterocycles. The van der Waals surface area contributed by atoms with Crippen LogP contribution in [-0.2, 0) is 26.1 Å². The number of morpholine rings is 1. The second kappa shape index (κ2) is 8.68. The number of carbonyl (C=O) groups is 1. The molecule has 28 heavy (non-hydrogen) atoms. The molecule has 2 aromatic carbocycles. The van der Waals surface area contributed by atoms with Crippen molar-refractivity contribution in [1.82, 2.24) is 4.31 Å². The molecular formula is C19H20FNO6S. The molecule has 0 N–H and O–H groups in total. The summed E-state index contributed by atoms with van der Waals surface area (Å²) in [6.07, 6.45) is 0. The fourth-order valence-corrected chi connectivity index (χ4v) is 4.23. The topological polar surface area (TPSA) is 82.1 Å². The quantitative estimate of drug-likeness (QED) is 0.681. The zero-order valence-electron chi connectivity index (χ0n) is 15.3. The highest BCUT2D eigenvalue weighted by Crippen LogP contribution is 2.26. The first kappa shape index (κ1) is 20.2. The molecule has 150 valence electrons. The van der Waals surface area contributed by atoms with Gasteiger partial charge in [0.15, 0.2) is 0 Å². The van der Waals surface area contributed by atoms with Gasteiger partial charge in [-0.25, -0.2) is 17.6 Å². The number of carbonyl (C=O) groups excluding carboxylic acids is 1. The molecule has 0 aromatic heterocycles. The van der Waals surface area contributed by atoms with Gasteiger partial charge in [-0.15, -0.1) is 0 Å². The molecule has 1 saturated heterocycles. The molecule has 9 heteroatoms. The van der Waals surface area contributed by atoms with Crippen LogP contribution in [0.15, 0.2) is 47.4 Å². The Morgan fingerprint density at radius 2 is 1.93 bits per heavy atom. The predicted molar refractivity (Wildman–Crippen MR) is 98.1 cm³/mol. The van der Waals surface area contributed by atoms with E-state index in [9.17, 15) is 17.6 Å². The molecule has 7 nitrogen and oxygen atoms in total. The minimum Gasteiger partial charge on any atom is -0.496 e. The van der Waals surface area contributed by atoms with Crippen LogP contribution in [0, 0.1) is 5.82 Å². The lowest BCUT2D eigenvalue weighted by atomic mass is 10.2. The maximum atomic E-state index is 13.3. The average Bonchev–Trinajstić information content (AvgIpc) is 2.72. The van der Waals surface area contributed by atoms with Crippen LogP contribution in [-0.4, -0.2) is 52.1 Å². The van der Waals surface area contributed by atoms with E-state index in [4.69, 9.17) is 14.2 Å². The summed E-state index contributed by atoms with van der Waals surface area (Å²) in [5.41, 5.74) is 0.456. The molecule has 0 radical (unpaired) electrons. The molecule has 0 bridgehead atoms. The van der Waals surface area contributed by atoms with Crippen LogP contribution in [0.25, 0.3) is 0 Å². The molecule has 3 rings (SSSR count). The van der Waals surface area contributed by atoms with E-state index in [2.05, 4.69) is 0 Å². The second-order valence-electron chi connectivity index (χ2n) is 6.08. The third-order valence-electron chi connectivity index (χ3n) is 4.26. The first-order chi connectivity index (χ1) is 13.4. The molecule has 1 heterocycles. The molecule has 0 aliphatic carbocycles. The number of hydrogen-bond acceptors (Lipinski definition) is 6. The summed E-state index contributed by atoms with van der Waals surface area (Å²) in [6.45, 7) is 0.970. The maximum Gasteiger partial charge on any atom is 0.342 e. The lowest BCUT2D eigenvalue weighted by molar-refractivity contribution is 0.0468. The van der Waals surface area contributed by atoms with E-state index in [-0.39, 0.29) is 35.9 Å². The van der Waals surface area contributed by atoms with Gasteiger partial charge in [-0.3, -0.25) is 0 Å². The maximum absolute atomic E-state index is 13.3. The fourth-order valence-electron chi connectivity index (χ4n) is 2.80. The highest BCUT2D eigenvalue weighted by molar-refractivity contribution is 7.89. The van der Waals surface area contributed by atoms with Crippen LogP contribution < -0.4 is 4.74 Å². The number of hydrogen-bond donors (Lipinski definition) is 0. The lowest BCUT2D eigenvalue weighted by Gasteiger charge is -2.26. The van der Waals surface area contributed by atoms with E-state index in [1.807, 2.05) is 0 Å². The summed E-state index contributed by atoms with van der Waals surface area (Å²) in [4.78, 5) is 12.5. The Morgan fingerprint density at radius 1 is 1.18 bits per heavy atom. The van der Waals surface area contributed by atoms with Gasteiger partial charge in [-0.2, -0.15) is 4.31 Å². The van der Waals surface area contributed by atoms with Gasteiger partial charge in [0.2, 0.25) is 10.0 Å². The van der Waals surface area contributed by atoms with Crippen LogP contribution >= 0.6 is 0 Å². The second-order valence-corrected chi connectivity index (χ2v) is 8.02. The van der Waals surface area contributed by atoms with Crippen molar-refractivity contribution in [2.75, 3.05) is 33.4 Å². The van der Waals surface area contributed by atoms with E-state index in [0.717, 1.165) is 0 Å². The highest BCUT2D eigenvalue weighted by atomic mass is 32.2. The Labute approximate surface area is 162 Å². The van der Waals surface area contributed by atoms with E-state index in [1.54, 1.807) is 6.07 Å². The van der Waals surface area contributed by atoms with E-state index < -0.39 is 21.8 Å². The molecule has 1 fully saturated rings. The van der Waals surface area contributed by atoms with Crippen LogP contribution in [0.1, 0.15) is 15.9 Å². The van der Waals surface area contributed by atoms with Crippen molar-refractivity contribution in [1.29, 1.82) is 0 Å². The minimum atomic E-state index is -3.78. The Kier molecular flexibility index (Phi) is 6.28. The molecule has 0 saturated carbocycles. The third-order valence-corrected chi connectivity index (χ3v) is 6.15. The summed E-state index contributed by atoms with van der Waals surface area (Å²) >= 11 is 0. The van der Waals surface area contributed by atoms with E-state index in [0.29, 0.717) is 18.8 Å². The van der Waals surface area contributed by atoms with Gasteiger partial charge in [0, 0.05) is 13.1 Å².